The number of rotatable bonds is 4. The summed E-state index contributed by atoms with van der Waals surface area (Å²) in [5.74, 6) is 0. The Kier molecular flexibility index (Phi) is 4.06. The van der Waals surface area contributed by atoms with Crippen molar-refractivity contribution in [3.05, 3.63) is 59.7 Å². The summed E-state index contributed by atoms with van der Waals surface area (Å²) < 4.78 is 0. The van der Waals surface area contributed by atoms with Crippen molar-refractivity contribution in [2.45, 2.75) is 13.1 Å². The third-order valence-corrected chi connectivity index (χ3v) is 4.32. The third-order valence-electron chi connectivity index (χ3n) is 3.30. The number of nitrogens with two attached hydrogens (primary N) is 2. The molecule has 0 saturated heterocycles. The maximum atomic E-state index is 5.61. The number of aromatic nitrogens is 2. The predicted octanol–water partition coefficient (Wildman–Crippen LogP) is 2.79. The zero-order valence-electron chi connectivity index (χ0n) is 11.5. The molecule has 0 radical (unpaired) electrons. The largest absolute Gasteiger partial charge is 0.326 e. The highest BCUT2D eigenvalue weighted by Crippen LogP contribution is 2.30. The summed E-state index contributed by atoms with van der Waals surface area (Å²) in [6.45, 7) is 1.10. The molecule has 0 unspecified atom stereocenters. The fourth-order valence-corrected chi connectivity index (χ4v) is 2.88. The van der Waals surface area contributed by atoms with Crippen molar-refractivity contribution in [1.29, 1.82) is 0 Å². The minimum atomic E-state index is 0.551. The van der Waals surface area contributed by atoms with E-state index in [1.807, 2.05) is 48.5 Å². The summed E-state index contributed by atoms with van der Waals surface area (Å²) >= 11 is 1.58. The van der Waals surface area contributed by atoms with Gasteiger partial charge in [0.15, 0.2) is 0 Å². The van der Waals surface area contributed by atoms with E-state index in [1.54, 1.807) is 11.3 Å². The van der Waals surface area contributed by atoms with E-state index in [0.29, 0.717) is 13.1 Å². The van der Waals surface area contributed by atoms with Crippen molar-refractivity contribution in [1.82, 2.24) is 10.2 Å². The van der Waals surface area contributed by atoms with Crippen LogP contribution in [0.3, 0.4) is 0 Å². The molecule has 21 heavy (non-hydrogen) atoms. The van der Waals surface area contributed by atoms with Crippen molar-refractivity contribution in [3.63, 3.8) is 0 Å². The number of hydrogen-bond acceptors (Lipinski definition) is 5. The van der Waals surface area contributed by atoms with Gasteiger partial charge >= 0.3 is 0 Å². The zero-order chi connectivity index (χ0) is 14.7. The molecule has 2 aromatic carbocycles. The van der Waals surface area contributed by atoms with Crippen molar-refractivity contribution in [3.8, 4) is 21.1 Å². The second-order valence-corrected chi connectivity index (χ2v) is 5.69. The molecular formula is C16H16N4S. The monoisotopic (exact) mass is 296 g/mol. The molecule has 0 bridgehead atoms. The predicted molar refractivity (Wildman–Crippen MR) is 86.6 cm³/mol. The van der Waals surface area contributed by atoms with Gasteiger partial charge in [0.1, 0.15) is 10.0 Å². The van der Waals surface area contributed by atoms with Gasteiger partial charge in [0.05, 0.1) is 0 Å². The van der Waals surface area contributed by atoms with Crippen LogP contribution in [0.15, 0.2) is 48.5 Å². The van der Waals surface area contributed by atoms with Crippen molar-refractivity contribution in [2.24, 2.45) is 11.5 Å². The minimum Gasteiger partial charge on any atom is -0.326 e. The Balaban J connectivity index is 1.87. The summed E-state index contributed by atoms with van der Waals surface area (Å²) in [5, 5.41) is 10.4. The van der Waals surface area contributed by atoms with Gasteiger partial charge in [0.25, 0.3) is 0 Å². The molecule has 0 atom stereocenters. The third kappa shape index (κ3) is 3.00. The van der Waals surface area contributed by atoms with Crippen molar-refractivity contribution < 1.29 is 0 Å². The second kappa shape index (κ2) is 6.13. The van der Waals surface area contributed by atoms with Gasteiger partial charge in [-0.05, 0) is 11.1 Å². The summed E-state index contributed by atoms with van der Waals surface area (Å²) in [5.41, 5.74) is 15.6. The van der Waals surface area contributed by atoms with E-state index in [9.17, 15) is 0 Å². The maximum absolute atomic E-state index is 5.61. The van der Waals surface area contributed by atoms with Crippen LogP contribution in [0.4, 0.5) is 0 Å². The van der Waals surface area contributed by atoms with E-state index in [0.717, 1.165) is 32.3 Å². The van der Waals surface area contributed by atoms with Gasteiger partial charge in [-0.25, -0.2) is 0 Å². The molecule has 0 aliphatic carbocycles. The number of nitrogens with zero attached hydrogens (tertiary/aromatic N) is 2. The van der Waals surface area contributed by atoms with Crippen LogP contribution in [-0.2, 0) is 13.1 Å². The van der Waals surface area contributed by atoms with Crippen LogP contribution in [-0.4, -0.2) is 10.2 Å². The van der Waals surface area contributed by atoms with Crippen LogP contribution in [0.2, 0.25) is 0 Å². The van der Waals surface area contributed by atoms with Gasteiger partial charge in [-0.2, -0.15) is 0 Å². The lowest BCUT2D eigenvalue weighted by Gasteiger charge is -1.99. The fourth-order valence-electron chi connectivity index (χ4n) is 2.02. The van der Waals surface area contributed by atoms with Crippen molar-refractivity contribution in [2.75, 3.05) is 0 Å². The van der Waals surface area contributed by atoms with Crippen LogP contribution in [0, 0.1) is 0 Å². The Morgan fingerprint density at radius 2 is 1.05 bits per heavy atom. The fraction of sp³-hybridized carbons (Fsp3) is 0.125. The molecule has 0 fully saturated rings. The average molecular weight is 296 g/mol. The van der Waals surface area contributed by atoms with Gasteiger partial charge in [-0.1, -0.05) is 59.9 Å². The molecule has 0 spiro atoms. The van der Waals surface area contributed by atoms with E-state index < -0.39 is 0 Å². The molecule has 5 heteroatoms. The van der Waals surface area contributed by atoms with Gasteiger partial charge < -0.3 is 11.5 Å². The molecular weight excluding hydrogens is 280 g/mol. The van der Waals surface area contributed by atoms with Crippen LogP contribution in [0.5, 0.6) is 0 Å². The molecule has 4 N–H and O–H groups in total. The van der Waals surface area contributed by atoms with E-state index in [4.69, 9.17) is 11.5 Å². The Labute approximate surface area is 127 Å². The van der Waals surface area contributed by atoms with Gasteiger partial charge in [-0.3, -0.25) is 0 Å². The van der Waals surface area contributed by atoms with Gasteiger partial charge in [0, 0.05) is 24.2 Å². The molecule has 0 aliphatic heterocycles. The molecule has 1 aromatic heterocycles. The minimum absolute atomic E-state index is 0.551. The molecule has 0 aliphatic rings. The molecule has 3 aromatic rings. The SMILES string of the molecule is NCc1ccc(-c2nnc(-c3ccc(CN)cc3)s2)cc1. The lowest BCUT2D eigenvalue weighted by Crippen LogP contribution is -1.95. The highest BCUT2D eigenvalue weighted by atomic mass is 32.1. The second-order valence-electron chi connectivity index (χ2n) is 4.71. The lowest BCUT2D eigenvalue weighted by atomic mass is 10.1. The standard InChI is InChI=1S/C16H16N4S/c17-9-11-1-5-13(6-2-11)15-19-20-16(21-15)14-7-3-12(10-18)4-8-14/h1-8H,9-10,17-18H2. The molecule has 3 rings (SSSR count). The van der Waals surface area contributed by atoms with Gasteiger partial charge in [0.2, 0.25) is 0 Å². The highest BCUT2D eigenvalue weighted by molar-refractivity contribution is 7.17. The summed E-state index contributed by atoms with van der Waals surface area (Å²) in [6.07, 6.45) is 0. The van der Waals surface area contributed by atoms with Crippen LogP contribution in [0.25, 0.3) is 21.1 Å². The number of hydrogen-bond donors (Lipinski definition) is 2. The first kappa shape index (κ1) is 13.9. The lowest BCUT2D eigenvalue weighted by molar-refractivity contribution is 1.07. The Bertz CT molecular complexity index is 655. The first-order chi connectivity index (χ1) is 10.3. The number of benzene rings is 2. The first-order valence-electron chi connectivity index (χ1n) is 6.72. The normalized spacial score (nSPS) is 10.8. The summed E-state index contributed by atoms with van der Waals surface area (Å²) in [4.78, 5) is 0. The van der Waals surface area contributed by atoms with E-state index in [-0.39, 0.29) is 0 Å². The Morgan fingerprint density at radius 3 is 1.38 bits per heavy atom. The van der Waals surface area contributed by atoms with Crippen LogP contribution < -0.4 is 11.5 Å². The Morgan fingerprint density at radius 1 is 0.667 bits per heavy atom. The van der Waals surface area contributed by atoms with Crippen LogP contribution in [0.1, 0.15) is 11.1 Å². The summed E-state index contributed by atoms with van der Waals surface area (Å²) in [6, 6.07) is 16.2. The molecule has 106 valence electrons. The first-order valence-corrected chi connectivity index (χ1v) is 7.54. The van der Waals surface area contributed by atoms with Crippen molar-refractivity contribution >= 4 is 11.3 Å². The van der Waals surface area contributed by atoms with Gasteiger partial charge in [-0.15, -0.1) is 10.2 Å². The highest BCUT2D eigenvalue weighted by Gasteiger charge is 2.08. The quantitative estimate of drug-likeness (QED) is 0.776. The molecule has 0 saturated carbocycles. The maximum Gasteiger partial charge on any atom is 0.148 e. The summed E-state index contributed by atoms with van der Waals surface area (Å²) in [7, 11) is 0. The van der Waals surface area contributed by atoms with E-state index in [1.165, 1.54) is 0 Å². The van der Waals surface area contributed by atoms with E-state index in [2.05, 4.69) is 10.2 Å². The molecule has 1 heterocycles. The zero-order valence-corrected chi connectivity index (χ0v) is 12.3. The Hall–Kier alpha value is -2.08. The van der Waals surface area contributed by atoms with Crippen LogP contribution >= 0.6 is 11.3 Å². The molecule has 0 amide bonds. The molecule has 4 nitrogen and oxygen atoms in total. The topological polar surface area (TPSA) is 77.8 Å². The van der Waals surface area contributed by atoms with E-state index >= 15 is 0 Å². The average Bonchev–Trinajstić information content (AvgIpc) is 3.05. The smallest absolute Gasteiger partial charge is 0.148 e.